The predicted molar refractivity (Wildman–Crippen MR) is 97.3 cm³/mol. The predicted octanol–water partition coefficient (Wildman–Crippen LogP) is 2.57. The number of halogens is 1. The Morgan fingerprint density at radius 2 is 2.00 bits per heavy atom. The molecule has 2 aliphatic heterocycles. The van der Waals surface area contributed by atoms with Gasteiger partial charge in [-0.3, -0.25) is 14.3 Å². The number of nitrogens with zero attached hydrogens (tertiary/aromatic N) is 3. The molecule has 4 rings (SSSR count). The third kappa shape index (κ3) is 3.34. The molecule has 6 nitrogen and oxygen atoms in total. The van der Waals surface area contributed by atoms with Gasteiger partial charge in [-0.25, -0.2) is 4.39 Å². The number of likely N-dealkylation sites (tertiary alicyclic amines) is 1. The summed E-state index contributed by atoms with van der Waals surface area (Å²) in [6.07, 6.45) is 5.33. The van der Waals surface area contributed by atoms with E-state index in [1.807, 2.05) is 4.90 Å². The van der Waals surface area contributed by atoms with Gasteiger partial charge in [-0.2, -0.15) is 5.10 Å². The molecule has 0 unspecified atom stereocenters. The number of carbonyl (C=O) groups is 2. The van der Waals surface area contributed by atoms with Gasteiger partial charge in [-0.05, 0) is 43.0 Å². The van der Waals surface area contributed by atoms with Gasteiger partial charge in [0.2, 0.25) is 5.91 Å². The number of fused-ring (bicyclic) bond motifs is 1. The van der Waals surface area contributed by atoms with Crippen LogP contribution in [0.25, 0.3) is 0 Å². The van der Waals surface area contributed by atoms with E-state index < -0.39 is 0 Å². The first-order chi connectivity index (χ1) is 13.0. The summed E-state index contributed by atoms with van der Waals surface area (Å²) >= 11 is 0. The minimum absolute atomic E-state index is 0.0392. The number of hydrogen-bond donors (Lipinski definition) is 1. The highest BCUT2D eigenvalue weighted by Crippen LogP contribution is 2.40. The normalized spacial score (nSPS) is 25.5. The van der Waals surface area contributed by atoms with Gasteiger partial charge < -0.3 is 10.2 Å². The van der Waals surface area contributed by atoms with E-state index in [-0.39, 0.29) is 35.8 Å². The molecular formula is C20H23FN4O2. The molecule has 2 aliphatic rings. The van der Waals surface area contributed by atoms with Crippen LogP contribution < -0.4 is 5.32 Å². The first-order valence-electron chi connectivity index (χ1n) is 9.40. The largest absolute Gasteiger partial charge is 0.351 e. The van der Waals surface area contributed by atoms with Crippen molar-refractivity contribution in [3.05, 3.63) is 53.6 Å². The van der Waals surface area contributed by atoms with Crippen LogP contribution in [0.5, 0.6) is 0 Å². The zero-order valence-electron chi connectivity index (χ0n) is 15.3. The van der Waals surface area contributed by atoms with E-state index in [1.165, 1.54) is 12.1 Å². The number of aryl methyl sites for hydroxylation is 1. The Bertz CT molecular complexity index is 848. The topological polar surface area (TPSA) is 67.2 Å². The number of benzene rings is 1. The lowest BCUT2D eigenvalue weighted by molar-refractivity contribution is -0.122. The lowest BCUT2D eigenvalue weighted by Gasteiger charge is -2.33. The van der Waals surface area contributed by atoms with E-state index in [9.17, 15) is 14.0 Å². The third-order valence-electron chi connectivity index (χ3n) is 5.66. The van der Waals surface area contributed by atoms with Crippen LogP contribution in [0.3, 0.4) is 0 Å². The van der Waals surface area contributed by atoms with Crippen LogP contribution in [0.15, 0.2) is 36.5 Å². The van der Waals surface area contributed by atoms with Crippen LogP contribution in [-0.4, -0.2) is 38.6 Å². The lowest BCUT2D eigenvalue weighted by atomic mass is 9.97. The maximum absolute atomic E-state index is 13.4. The molecule has 3 atom stereocenters. The molecule has 2 amide bonds. The second-order valence-electron chi connectivity index (χ2n) is 7.34. The average molecular weight is 370 g/mol. The zero-order chi connectivity index (χ0) is 19.0. The Labute approximate surface area is 157 Å². The average Bonchev–Trinajstić information content (AvgIpc) is 3.21. The van der Waals surface area contributed by atoms with E-state index in [4.69, 9.17) is 0 Å². The van der Waals surface area contributed by atoms with Gasteiger partial charge in [0.25, 0.3) is 5.91 Å². The molecule has 2 fully saturated rings. The Balaban J connectivity index is 1.73. The molecule has 142 valence electrons. The van der Waals surface area contributed by atoms with Crippen LogP contribution in [0, 0.1) is 5.82 Å². The second kappa shape index (κ2) is 7.13. The van der Waals surface area contributed by atoms with Crippen molar-refractivity contribution in [3.8, 4) is 0 Å². The molecular weight excluding hydrogens is 347 g/mol. The van der Waals surface area contributed by atoms with Crippen LogP contribution >= 0.6 is 0 Å². The highest BCUT2D eigenvalue weighted by molar-refractivity contribution is 5.93. The van der Waals surface area contributed by atoms with E-state index in [1.54, 1.807) is 36.1 Å². The number of hydrogen-bond acceptors (Lipinski definition) is 3. The lowest BCUT2D eigenvalue weighted by Crippen LogP contribution is -2.48. The summed E-state index contributed by atoms with van der Waals surface area (Å²) < 4.78 is 15.0. The van der Waals surface area contributed by atoms with Crippen molar-refractivity contribution in [1.82, 2.24) is 20.0 Å². The molecule has 27 heavy (non-hydrogen) atoms. The Morgan fingerprint density at radius 1 is 1.22 bits per heavy atom. The van der Waals surface area contributed by atoms with Gasteiger partial charge in [-0.1, -0.05) is 18.6 Å². The van der Waals surface area contributed by atoms with Crippen molar-refractivity contribution >= 4 is 11.8 Å². The fourth-order valence-corrected chi connectivity index (χ4v) is 4.34. The standard InChI is InChI=1S/C20H23FN4O2/c1-24-17(10-11-22-24)20(27)25-16-4-2-3-5-19(26)23-15(16)12-18(25)13-6-8-14(21)9-7-13/h6-11,15-16,18H,2-5,12H2,1H3,(H,23,26)/t15-,16+,18+/m1/s1. The summed E-state index contributed by atoms with van der Waals surface area (Å²) in [4.78, 5) is 27.4. The smallest absolute Gasteiger partial charge is 0.272 e. The first kappa shape index (κ1) is 17.7. The fraction of sp³-hybridized carbons (Fsp3) is 0.450. The van der Waals surface area contributed by atoms with Gasteiger partial charge in [0, 0.05) is 19.7 Å². The number of nitrogens with one attached hydrogen (secondary N) is 1. The van der Waals surface area contributed by atoms with Crippen molar-refractivity contribution in [2.45, 2.75) is 50.2 Å². The van der Waals surface area contributed by atoms with E-state index in [0.717, 1.165) is 24.8 Å². The summed E-state index contributed by atoms with van der Waals surface area (Å²) in [7, 11) is 1.74. The Kier molecular flexibility index (Phi) is 4.68. The summed E-state index contributed by atoms with van der Waals surface area (Å²) in [5, 5.41) is 7.23. The number of amides is 2. The third-order valence-corrected chi connectivity index (χ3v) is 5.66. The van der Waals surface area contributed by atoms with E-state index in [0.29, 0.717) is 18.5 Å². The van der Waals surface area contributed by atoms with Crippen molar-refractivity contribution < 1.29 is 14.0 Å². The molecule has 1 aromatic carbocycles. The van der Waals surface area contributed by atoms with Crippen LogP contribution in [0.2, 0.25) is 0 Å². The maximum atomic E-state index is 13.4. The molecule has 0 aliphatic carbocycles. The molecule has 2 saturated heterocycles. The fourth-order valence-electron chi connectivity index (χ4n) is 4.34. The molecule has 0 spiro atoms. The number of carbonyl (C=O) groups excluding carboxylic acids is 2. The van der Waals surface area contributed by atoms with Crippen molar-refractivity contribution in [3.63, 3.8) is 0 Å². The Morgan fingerprint density at radius 3 is 2.70 bits per heavy atom. The Hall–Kier alpha value is -2.70. The minimum atomic E-state index is -0.305. The highest BCUT2D eigenvalue weighted by Gasteiger charge is 2.45. The molecule has 0 bridgehead atoms. The van der Waals surface area contributed by atoms with Crippen LogP contribution in [-0.2, 0) is 11.8 Å². The number of rotatable bonds is 2. The van der Waals surface area contributed by atoms with E-state index >= 15 is 0 Å². The molecule has 0 saturated carbocycles. The van der Waals surface area contributed by atoms with Gasteiger partial charge in [0.05, 0.1) is 18.1 Å². The van der Waals surface area contributed by atoms with E-state index in [2.05, 4.69) is 10.4 Å². The van der Waals surface area contributed by atoms with Crippen LogP contribution in [0.4, 0.5) is 4.39 Å². The molecule has 1 aromatic heterocycles. The maximum Gasteiger partial charge on any atom is 0.272 e. The molecule has 3 heterocycles. The number of aromatic nitrogens is 2. The minimum Gasteiger partial charge on any atom is -0.351 e. The summed E-state index contributed by atoms with van der Waals surface area (Å²) in [5.41, 5.74) is 1.39. The van der Waals surface area contributed by atoms with Gasteiger partial charge in [0.15, 0.2) is 0 Å². The molecule has 2 aromatic rings. The second-order valence-corrected chi connectivity index (χ2v) is 7.34. The quantitative estimate of drug-likeness (QED) is 0.884. The highest BCUT2D eigenvalue weighted by atomic mass is 19.1. The summed E-state index contributed by atoms with van der Waals surface area (Å²) in [6, 6.07) is 7.62. The summed E-state index contributed by atoms with van der Waals surface area (Å²) in [5.74, 6) is -0.371. The monoisotopic (exact) mass is 370 g/mol. The zero-order valence-corrected chi connectivity index (χ0v) is 15.3. The van der Waals surface area contributed by atoms with Gasteiger partial charge in [-0.15, -0.1) is 0 Å². The summed E-state index contributed by atoms with van der Waals surface area (Å²) in [6.45, 7) is 0. The first-order valence-corrected chi connectivity index (χ1v) is 9.40. The van der Waals surface area contributed by atoms with Crippen molar-refractivity contribution in [1.29, 1.82) is 0 Å². The SMILES string of the molecule is Cn1nccc1C(=O)N1[C@H](c2ccc(F)cc2)C[C@H]2NC(=O)CCCC[C@@H]21. The van der Waals surface area contributed by atoms with Crippen LogP contribution in [0.1, 0.15) is 54.2 Å². The molecule has 0 radical (unpaired) electrons. The van der Waals surface area contributed by atoms with Crippen molar-refractivity contribution in [2.75, 3.05) is 0 Å². The van der Waals surface area contributed by atoms with Crippen molar-refractivity contribution in [2.24, 2.45) is 7.05 Å². The van der Waals surface area contributed by atoms with Gasteiger partial charge >= 0.3 is 0 Å². The molecule has 1 N–H and O–H groups in total. The van der Waals surface area contributed by atoms with Gasteiger partial charge in [0.1, 0.15) is 11.5 Å². The molecule has 7 heteroatoms.